The Kier molecular flexibility index (Phi) is 4.74. The molecule has 2 aliphatic heterocycles. The molecule has 0 spiro atoms. The van der Waals surface area contributed by atoms with Crippen molar-refractivity contribution in [1.29, 1.82) is 0 Å². The maximum Gasteiger partial charge on any atom is 0.338 e. The number of piperidine rings is 2. The Morgan fingerprint density at radius 1 is 1.27 bits per heavy atom. The van der Waals surface area contributed by atoms with Gasteiger partial charge < -0.3 is 9.22 Å². The second kappa shape index (κ2) is 6.59. The fraction of sp³-hybridized carbons (Fsp3) is 0.611. The first-order valence-electron chi connectivity index (χ1n) is 8.35. The van der Waals surface area contributed by atoms with Crippen molar-refractivity contribution in [1.82, 2.24) is 0 Å². The van der Waals surface area contributed by atoms with E-state index >= 15 is 0 Å². The van der Waals surface area contributed by atoms with E-state index in [2.05, 4.69) is 7.05 Å². The molecule has 0 bridgehead atoms. The fourth-order valence-corrected chi connectivity index (χ4v) is 4.50. The molecule has 3 atom stereocenters. The van der Waals surface area contributed by atoms with E-state index < -0.39 is 0 Å². The quantitative estimate of drug-likeness (QED) is 0.623. The van der Waals surface area contributed by atoms with Crippen LogP contribution in [0.5, 0.6) is 0 Å². The van der Waals surface area contributed by atoms with Gasteiger partial charge in [-0.2, -0.15) is 0 Å². The van der Waals surface area contributed by atoms with Crippen molar-refractivity contribution >= 4 is 17.6 Å². The zero-order valence-corrected chi connectivity index (χ0v) is 14.0. The summed E-state index contributed by atoms with van der Waals surface area (Å²) >= 11 is 5.94. The molecule has 3 nitrogen and oxygen atoms in total. The number of ether oxygens (including phenoxy) is 1. The Balaban J connectivity index is 1.62. The monoisotopic (exact) mass is 322 g/mol. The van der Waals surface area contributed by atoms with Crippen LogP contribution in [0.3, 0.4) is 0 Å². The number of fused-ring (bicyclic) bond motifs is 1. The lowest BCUT2D eigenvalue weighted by Crippen LogP contribution is -2.61. The van der Waals surface area contributed by atoms with Crippen molar-refractivity contribution in [2.75, 3.05) is 26.7 Å². The summed E-state index contributed by atoms with van der Waals surface area (Å²) in [6.07, 6.45) is 6.35. The normalized spacial score (nSPS) is 31.4. The van der Waals surface area contributed by atoms with Crippen LogP contribution in [0.2, 0.25) is 5.02 Å². The van der Waals surface area contributed by atoms with Gasteiger partial charge in [-0.05, 0) is 43.9 Å². The molecule has 1 aromatic carbocycles. The maximum absolute atomic E-state index is 12.2. The predicted molar refractivity (Wildman–Crippen MR) is 88.0 cm³/mol. The summed E-state index contributed by atoms with van der Waals surface area (Å²) in [5.74, 6) is 0.250. The van der Waals surface area contributed by atoms with Gasteiger partial charge in [0, 0.05) is 17.4 Å². The van der Waals surface area contributed by atoms with Crippen molar-refractivity contribution in [2.45, 2.75) is 38.1 Å². The van der Waals surface area contributed by atoms with E-state index in [-0.39, 0.29) is 5.97 Å². The van der Waals surface area contributed by atoms with E-state index in [1.807, 2.05) is 0 Å². The predicted octanol–water partition coefficient (Wildman–Crippen LogP) is 3.91. The van der Waals surface area contributed by atoms with Gasteiger partial charge in [-0.1, -0.05) is 17.7 Å². The molecular weight excluding hydrogens is 298 g/mol. The molecule has 0 saturated carbocycles. The summed E-state index contributed by atoms with van der Waals surface area (Å²) < 4.78 is 6.79. The van der Waals surface area contributed by atoms with E-state index in [4.69, 9.17) is 16.3 Å². The van der Waals surface area contributed by atoms with Gasteiger partial charge in [0.15, 0.2) is 0 Å². The summed E-state index contributed by atoms with van der Waals surface area (Å²) in [5.41, 5.74) is 0.546. The van der Waals surface area contributed by atoms with Gasteiger partial charge in [0.05, 0.1) is 31.7 Å². The van der Waals surface area contributed by atoms with Gasteiger partial charge in [0.2, 0.25) is 0 Å². The van der Waals surface area contributed by atoms with Crippen LogP contribution in [-0.4, -0.2) is 43.2 Å². The van der Waals surface area contributed by atoms with Gasteiger partial charge in [-0.3, -0.25) is 0 Å². The van der Waals surface area contributed by atoms with Crippen molar-refractivity contribution < 1.29 is 14.0 Å². The Morgan fingerprint density at radius 3 is 2.91 bits per heavy atom. The highest BCUT2D eigenvalue weighted by molar-refractivity contribution is 6.30. The zero-order valence-electron chi connectivity index (χ0n) is 13.3. The highest BCUT2D eigenvalue weighted by Gasteiger charge is 2.43. The van der Waals surface area contributed by atoms with Crippen LogP contribution in [0.1, 0.15) is 42.5 Å². The lowest BCUT2D eigenvalue weighted by atomic mass is 9.82. The van der Waals surface area contributed by atoms with E-state index in [1.165, 1.54) is 49.7 Å². The second-order valence-corrected chi connectivity index (χ2v) is 7.44. The second-order valence-electron chi connectivity index (χ2n) is 7.00. The fourth-order valence-electron chi connectivity index (χ4n) is 4.31. The number of carbonyl (C=O) groups is 1. The first-order chi connectivity index (χ1) is 10.6. The lowest BCUT2D eigenvalue weighted by Gasteiger charge is -2.51. The Morgan fingerprint density at radius 2 is 2.09 bits per heavy atom. The van der Waals surface area contributed by atoms with Crippen LogP contribution in [0.4, 0.5) is 0 Å². The molecule has 1 aromatic rings. The molecule has 0 N–H and O–H groups in total. The Labute approximate surface area is 137 Å². The van der Waals surface area contributed by atoms with Gasteiger partial charge in [-0.15, -0.1) is 0 Å². The molecule has 2 heterocycles. The molecule has 0 aliphatic carbocycles. The highest BCUT2D eigenvalue weighted by Crippen LogP contribution is 2.36. The number of benzene rings is 1. The summed E-state index contributed by atoms with van der Waals surface area (Å²) in [6.45, 7) is 3.11. The molecular formula is C18H25ClNO2+. The molecule has 3 rings (SSSR count). The topological polar surface area (TPSA) is 26.3 Å². The highest BCUT2D eigenvalue weighted by atomic mass is 35.5. The van der Waals surface area contributed by atoms with Crippen molar-refractivity contribution in [3.8, 4) is 0 Å². The number of halogens is 1. The SMILES string of the molecule is C[N+]12CCCC[C@H]1[C@@H](COC(=O)c1cccc(Cl)c1)CCC2. The van der Waals surface area contributed by atoms with Crippen LogP contribution in [0.25, 0.3) is 0 Å². The molecule has 0 radical (unpaired) electrons. The Bertz CT molecular complexity index is 544. The first kappa shape index (κ1) is 15.8. The third-order valence-corrected chi connectivity index (χ3v) is 5.73. The van der Waals surface area contributed by atoms with Crippen LogP contribution in [0, 0.1) is 5.92 Å². The lowest BCUT2D eigenvalue weighted by molar-refractivity contribution is -0.947. The van der Waals surface area contributed by atoms with E-state index in [0.29, 0.717) is 29.2 Å². The molecule has 22 heavy (non-hydrogen) atoms. The average Bonchev–Trinajstić information content (AvgIpc) is 2.51. The summed E-state index contributed by atoms with van der Waals surface area (Å²) in [5, 5.41) is 0.573. The number of hydrogen-bond acceptors (Lipinski definition) is 2. The minimum Gasteiger partial charge on any atom is -0.462 e. The van der Waals surface area contributed by atoms with Gasteiger partial charge in [0.1, 0.15) is 6.61 Å². The molecule has 0 aromatic heterocycles. The molecule has 2 aliphatic rings. The third kappa shape index (κ3) is 3.31. The standard InChI is InChI=1S/C18H25ClNO2/c1-20-10-3-2-9-17(20)15(7-5-11-20)13-22-18(21)14-6-4-8-16(19)12-14/h4,6,8,12,15,17H,2-3,5,7,9-11,13H2,1H3/q+1/t15-,17+,20?/m1/s1. The van der Waals surface area contributed by atoms with E-state index in [9.17, 15) is 4.79 Å². The molecule has 1 unspecified atom stereocenters. The number of esters is 1. The van der Waals surface area contributed by atoms with Gasteiger partial charge >= 0.3 is 5.97 Å². The molecule has 4 heteroatoms. The summed E-state index contributed by atoms with van der Waals surface area (Å²) in [6, 6.07) is 7.65. The third-order valence-electron chi connectivity index (χ3n) is 5.50. The van der Waals surface area contributed by atoms with Gasteiger partial charge in [0.25, 0.3) is 0 Å². The van der Waals surface area contributed by atoms with Crippen LogP contribution in [0.15, 0.2) is 24.3 Å². The largest absolute Gasteiger partial charge is 0.462 e. The molecule has 2 saturated heterocycles. The maximum atomic E-state index is 12.2. The minimum atomic E-state index is -0.252. The summed E-state index contributed by atoms with van der Waals surface area (Å²) in [7, 11) is 2.38. The minimum absolute atomic E-state index is 0.252. The van der Waals surface area contributed by atoms with Crippen molar-refractivity contribution in [2.24, 2.45) is 5.92 Å². The van der Waals surface area contributed by atoms with Crippen LogP contribution >= 0.6 is 11.6 Å². The average molecular weight is 323 g/mol. The van der Waals surface area contributed by atoms with Crippen molar-refractivity contribution in [3.05, 3.63) is 34.9 Å². The Hall–Kier alpha value is -1.06. The molecule has 2 fully saturated rings. The summed E-state index contributed by atoms with van der Waals surface area (Å²) in [4.78, 5) is 12.2. The molecule has 0 amide bonds. The number of carbonyl (C=O) groups excluding carboxylic acids is 1. The smallest absolute Gasteiger partial charge is 0.338 e. The van der Waals surface area contributed by atoms with Gasteiger partial charge in [-0.25, -0.2) is 4.79 Å². The number of quaternary nitrogens is 1. The van der Waals surface area contributed by atoms with Crippen molar-refractivity contribution in [3.63, 3.8) is 0 Å². The van der Waals surface area contributed by atoms with Crippen LogP contribution < -0.4 is 0 Å². The first-order valence-corrected chi connectivity index (χ1v) is 8.73. The number of hydrogen-bond donors (Lipinski definition) is 0. The van der Waals surface area contributed by atoms with E-state index in [0.717, 1.165) is 0 Å². The van der Waals surface area contributed by atoms with E-state index in [1.54, 1.807) is 24.3 Å². The number of rotatable bonds is 3. The molecule has 120 valence electrons. The zero-order chi connectivity index (χ0) is 15.6. The van der Waals surface area contributed by atoms with Crippen LogP contribution in [-0.2, 0) is 4.74 Å². The number of nitrogens with zero attached hydrogens (tertiary/aromatic N) is 1.